The van der Waals surface area contributed by atoms with Gasteiger partial charge in [-0.15, -0.1) is 0 Å². The molecule has 3 aromatic rings. The van der Waals surface area contributed by atoms with Crippen LogP contribution in [0.15, 0.2) is 65.8 Å². The van der Waals surface area contributed by atoms with Crippen LogP contribution in [-0.2, 0) is 36.5 Å². The van der Waals surface area contributed by atoms with Crippen molar-refractivity contribution in [2.24, 2.45) is 0 Å². The van der Waals surface area contributed by atoms with Gasteiger partial charge in [-0.25, -0.2) is 13.2 Å². The number of urea groups is 1. The summed E-state index contributed by atoms with van der Waals surface area (Å²) in [5, 5.41) is 53.0. The van der Waals surface area contributed by atoms with Gasteiger partial charge in [-0.2, -0.15) is 4.72 Å². The predicted molar refractivity (Wildman–Crippen MR) is 217 cm³/mol. The molecule has 1 heterocycles. The lowest BCUT2D eigenvalue weighted by Crippen LogP contribution is -2.50. The average molecular weight is 863 g/mol. The Labute approximate surface area is 349 Å². The van der Waals surface area contributed by atoms with Crippen LogP contribution in [0.2, 0.25) is 5.02 Å². The van der Waals surface area contributed by atoms with Crippen molar-refractivity contribution in [1.82, 2.24) is 20.3 Å². The zero-order valence-corrected chi connectivity index (χ0v) is 34.9. The molecule has 0 aliphatic heterocycles. The number of aliphatic hydroxyl groups excluding tert-OH is 5. The summed E-state index contributed by atoms with van der Waals surface area (Å²) in [4.78, 5) is 29.6. The maximum absolute atomic E-state index is 13.6. The molecule has 1 aromatic heterocycles. The van der Waals surface area contributed by atoms with Crippen LogP contribution in [0.3, 0.4) is 0 Å². The van der Waals surface area contributed by atoms with Crippen LogP contribution in [0.4, 0.5) is 4.79 Å². The van der Waals surface area contributed by atoms with Gasteiger partial charge in [-0.3, -0.25) is 9.78 Å². The molecule has 2 aliphatic rings. The fourth-order valence-electron chi connectivity index (χ4n) is 6.26. The number of rotatable bonds is 22. The average Bonchev–Trinajstić information content (AvgIpc) is 4.15. The molecule has 5 atom stereocenters. The molecular formula is C41H55ClN4O12S. The van der Waals surface area contributed by atoms with Crippen LogP contribution < -0.4 is 20.1 Å². The molecule has 2 saturated carbocycles. The first kappa shape index (κ1) is 46.2. The number of esters is 1. The van der Waals surface area contributed by atoms with Crippen molar-refractivity contribution in [1.29, 1.82) is 0 Å². The molecule has 2 amide bonds. The minimum atomic E-state index is -4.28. The summed E-state index contributed by atoms with van der Waals surface area (Å²) in [7, 11) is -4.28. The van der Waals surface area contributed by atoms with Gasteiger partial charge in [0.25, 0.3) is 0 Å². The van der Waals surface area contributed by atoms with Gasteiger partial charge in [0.15, 0.2) is 0 Å². The van der Waals surface area contributed by atoms with Gasteiger partial charge in [0.1, 0.15) is 35.7 Å². The minimum Gasteiger partial charge on any atom is -0.490 e. The van der Waals surface area contributed by atoms with E-state index in [1.165, 1.54) is 12.1 Å². The number of halogens is 1. The van der Waals surface area contributed by atoms with E-state index >= 15 is 0 Å². The highest BCUT2D eigenvalue weighted by Crippen LogP contribution is 2.53. The van der Waals surface area contributed by atoms with E-state index in [4.69, 9.17) is 30.9 Å². The Morgan fingerprint density at radius 2 is 1.68 bits per heavy atom. The van der Waals surface area contributed by atoms with E-state index in [9.17, 15) is 38.4 Å². The highest BCUT2D eigenvalue weighted by atomic mass is 35.5. The summed E-state index contributed by atoms with van der Waals surface area (Å²) in [6.07, 6.45) is 1.05. The summed E-state index contributed by atoms with van der Waals surface area (Å²) >= 11 is 6.66. The fraction of sp³-hybridized carbons (Fsp3) is 0.537. The number of benzene rings is 2. The fourth-order valence-corrected chi connectivity index (χ4v) is 7.80. The normalized spacial score (nSPS) is 17.6. The van der Waals surface area contributed by atoms with Gasteiger partial charge in [-0.1, -0.05) is 35.9 Å². The van der Waals surface area contributed by atoms with E-state index < -0.39 is 76.8 Å². The minimum absolute atomic E-state index is 0.0304. The van der Waals surface area contributed by atoms with Crippen LogP contribution in [0.5, 0.6) is 5.75 Å². The van der Waals surface area contributed by atoms with Gasteiger partial charge in [0.05, 0.1) is 35.9 Å². The molecule has 5 rings (SSSR count). The number of pyridine rings is 1. The SMILES string of the molecule is CC(C)(C)OC(=O)[C@H](CCCCNC(=O)NC[C@H](O)[C@@H](O)[C@H](O)[C@H](O)CO)NS(=O)(=O)c1ccc(COC2(c3cnccc3-c3ccccc3OC3CC3)CC2)c(Cl)c1. The number of para-hydroxylation sites is 1. The molecule has 0 spiro atoms. The largest absolute Gasteiger partial charge is 0.490 e. The maximum Gasteiger partial charge on any atom is 0.324 e. The van der Waals surface area contributed by atoms with E-state index in [1.54, 1.807) is 33.0 Å². The Morgan fingerprint density at radius 1 is 0.966 bits per heavy atom. The summed E-state index contributed by atoms with van der Waals surface area (Å²) in [5.74, 6) is 0.0302. The Bertz CT molecular complexity index is 2010. The van der Waals surface area contributed by atoms with E-state index in [2.05, 4.69) is 20.3 Å². The van der Waals surface area contributed by atoms with Crippen molar-refractivity contribution in [3.8, 4) is 16.9 Å². The van der Waals surface area contributed by atoms with Crippen molar-refractivity contribution < 1.29 is 57.8 Å². The highest BCUT2D eigenvalue weighted by Gasteiger charge is 2.48. The van der Waals surface area contributed by atoms with Crippen molar-refractivity contribution in [2.75, 3.05) is 19.7 Å². The number of sulfonamides is 1. The second-order valence-electron chi connectivity index (χ2n) is 15.9. The molecule has 16 nitrogen and oxygen atoms in total. The lowest BCUT2D eigenvalue weighted by Gasteiger charge is -2.25. The third-order valence-electron chi connectivity index (χ3n) is 9.84. The third-order valence-corrected chi connectivity index (χ3v) is 11.7. The van der Waals surface area contributed by atoms with Crippen molar-refractivity contribution in [3.63, 3.8) is 0 Å². The molecule has 2 fully saturated rings. The standard InChI is InChI=1S/C41H55ClN4O12S/c1-40(2,3)58-38(52)32(9-6-7-18-44-39(53)45-22-33(48)36(50)37(51)34(49)23-47)46-59(54,55)27-14-11-25(31(42)20-27)24-56-41(16-17-41)30-21-43-19-15-28(30)29-8-4-5-10-35(29)57-26-12-13-26/h4-5,8,10-11,14-15,19-21,26,32-34,36-37,46-51H,6-7,9,12-13,16-18,22-24H2,1-3H3,(H2,44,45,53)/t32-,33-,34+,36+,37+/m0/s1. The number of nitrogens with zero attached hydrogens (tertiary/aromatic N) is 1. The Morgan fingerprint density at radius 3 is 2.34 bits per heavy atom. The molecule has 0 bridgehead atoms. The second kappa shape index (κ2) is 20.1. The van der Waals surface area contributed by atoms with Crippen LogP contribution >= 0.6 is 11.6 Å². The molecule has 18 heteroatoms. The third kappa shape index (κ3) is 13.0. The predicted octanol–water partition coefficient (Wildman–Crippen LogP) is 3.04. The number of unbranched alkanes of at least 4 members (excludes halogenated alkanes) is 1. The monoisotopic (exact) mass is 862 g/mol. The summed E-state index contributed by atoms with van der Waals surface area (Å²) < 4.78 is 48.0. The molecule has 2 aliphatic carbocycles. The number of hydrogen-bond donors (Lipinski definition) is 8. The number of aliphatic hydroxyl groups is 5. The first-order chi connectivity index (χ1) is 27.9. The first-order valence-corrected chi connectivity index (χ1v) is 21.5. The first-order valence-electron chi connectivity index (χ1n) is 19.7. The smallest absolute Gasteiger partial charge is 0.324 e. The number of nitrogens with one attached hydrogen (secondary N) is 3. The van der Waals surface area contributed by atoms with Gasteiger partial charge < -0.3 is 50.4 Å². The zero-order chi connectivity index (χ0) is 43.0. The van der Waals surface area contributed by atoms with Crippen molar-refractivity contribution >= 4 is 33.6 Å². The van der Waals surface area contributed by atoms with Gasteiger partial charge in [0.2, 0.25) is 10.0 Å². The summed E-state index contributed by atoms with van der Waals surface area (Å²) in [6.45, 7) is 3.89. The molecule has 324 valence electrons. The number of ether oxygens (including phenoxy) is 3. The van der Waals surface area contributed by atoms with E-state index in [-0.39, 0.29) is 42.0 Å². The van der Waals surface area contributed by atoms with Crippen LogP contribution in [0, 0.1) is 0 Å². The molecule has 8 N–H and O–H groups in total. The molecule has 0 unspecified atom stereocenters. The zero-order valence-electron chi connectivity index (χ0n) is 33.3. The summed E-state index contributed by atoms with van der Waals surface area (Å²) in [6, 6.07) is 12.2. The quantitative estimate of drug-likeness (QED) is 0.0536. The molecule has 0 radical (unpaired) electrons. The van der Waals surface area contributed by atoms with Gasteiger partial charge >= 0.3 is 12.0 Å². The molecule has 0 saturated heterocycles. The van der Waals surface area contributed by atoms with Crippen LogP contribution in [0.25, 0.3) is 11.1 Å². The second-order valence-corrected chi connectivity index (χ2v) is 18.0. The van der Waals surface area contributed by atoms with Crippen molar-refractivity contribution in [3.05, 3.63) is 77.1 Å². The number of carbonyl (C=O) groups excluding carboxylic acids is 2. The van der Waals surface area contributed by atoms with Crippen LogP contribution in [0.1, 0.15) is 76.8 Å². The van der Waals surface area contributed by atoms with Crippen molar-refractivity contribution in [2.45, 2.75) is 125 Å². The Kier molecular flexibility index (Phi) is 15.7. The van der Waals surface area contributed by atoms with E-state index in [0.29, 0.717) is 12.0 Å². The lowest BCUT2D eigenvalue weighted by atomic mass is 9.96. The number of aromatic nitrogens is 1. The lowest BCUT2D eigenvalue weighted by molar-refractivity contribution is -0.157. The molecule has 59 heavy (non-hydrogen) atoms. The number of amides is 2. The Balaban J connectivity index is 1.17. The molecular weight excluding hydrogens is 808 g/mol. The van der Waals surface area contributed by atoms with Crippen LogP contribution in [-0.4, -0.2) is 113 Å². The number of hydrogen-bond acceptors (Lipinski definition) is 13. The molecule has 2 aromatic carbocycles. The topological polar surface area (TPSA) is 246 Å². The summed E-state index contributed by atoms with van der Waals surface area (Å²) in [5.41, 5.74) is 1.93. The van der Waals surface area contributed by atoms with E-state index in [0.717, 1.165) is 48.1 Å². The van der Waals surface area contributed by atoms with E-state index in [1.807, 2.05) is 36.5 Å². The Hall–Kier alpha value is -3.91. The van der Waals surface area contributed by atoms with Gasteiger partial charge in [-0.05, 0) is 101 Å². The maximum atomic E-state index is 13.6. The van der Waals surface area contributed by atoms with Gasteiger partial charge in [0, 0.05) is 41.6 Å². The number of carbonyl (C=O) groups is 2. The highest BCUT2D eigenvalue weighted by molar-refractivity contribution is 7.89.